The van der Waals surface area contributed by atoms with Crippen molar-refractivity contribution in [3.8, 4) is 0 Å². The molecule has 0 aliphatic carbocycles. The molecule has 0 radical (unpaired) electrons. The van der Waals surface area contributed by atoms with Crippen LogP contribution in [0.25, 0.3) is 10.9 Å². The number of benzene rings is 1. The Balaban J connectivity index is 2.71. The van der Waals surface area contributed by atoms with Gasteiger partial charge in [-0.2, -0.15) is 0 Å². The van der Waals surface area contributed by atoms with Gasteiger partial charge in [0, 0.05) is 17.5 Å². The number of rotatable bonds is 2. The first-order valence-electron chi connectivity index (χ1n) is 5.69. The van der Waals surface area contributed by atoms with Gasteiger partial charge in [0.25, 0.3) is 0 Å². The van der Waals surface area contributed by atoms with E-state index in [0.717, 1.165) is 17.6 Å². The highest BCUT2D eigenvalue weighted by molar-refractivity contribution is 5.85. The van der Waals surface area contributed by atoms with Crippen LogP contribution < -0.4 is 5.73 Å². The number of aromatic nitrogens is 1. The molecule has 2 rings (SSSR count). The number of nitrogens with two attached hydrogens (primary N) is 1. The van der Waals surface area contributed by atoms with Gasteiger partial charge < -0.3 is 5.73 Å². The molecule has 0 atom stereocenters. The normalized spacial score (nSPS) is 11.0. The summed E-state index contributed by atoms with van der Waals surface area (Å²) in [5.41, 5.74) is 11.6. The van der Waals surface area contributed by atoms with Crippen LogP contribution >= 0.6 is 0 Å². The molecule has 0 saturated carbocycles. The van der Waals surface area contributed by atoms with E-state index in [1.807, 2.05) is 0 Å². The highest BCUT2D eigenvalue weighted by Gasteiger charge is 2.05. The maximum atomic E-state index is 5.58. The Bertz CT molecular complexity index is 530. The summed E-state index contributed by atoms with van der Waals surface area (Å²) in [4.78, 5) is 4.69. The average molecular weight is 214 g/mol. The fourth-order valence-electron chi connectivity index (χ4n) is 2.19. The van der Waals surface area contributed by atoms with E-state index < -0.39 is 0 Å². The molecule has 0 bridgehead atoms. The second-order valence-corrected chi connectivity index (χ2v) is 4.45. The molecule has 0 amide bonds. The molecule has 0 unspecified atom stereocenters. The largest absolute Gasteiger partial charge is 0.330 e. The first-order chi connectivity index (χ1) is 7.61. The van der Waals surface area contributed by atoms with Gasteiger partial charge in [-0.15, -0.1) is 0 Å². The Labute approximate surface area is 96.5 Å². The van der Waals surface area contributed by atoms with E-state index in [-0.39, 0.29) is 0 Å². The van der Waals surface area contributed by atoms with E-state index in [9.17, 15) is 0 Å². The van der Waals surface area contributed by atoms with E-state index in [4.69, 9.17) is 5.73 Å². The standard InChI is InChI=1S/C14H18N2/c1-9-6-11(3)14-13(7-9)10(2)8-12(16-14)4-5-15/h6-8H,4-5,15H2,1-3H3. The number of nitrogens with zero attached hydrogens (tertiary/aromatic N) is 1. The first kappa shape index (κ1) is 11.1. The van der Waals surface area contributed by atoms with Gasteiger partial charge in [-0.25, -0.2) is 0 Å². The molecule has 0 aliphatic heterocycles. The monoisotopic (exact) mass is 214 g/mol. The summed E-state index contributed by atoms with van der Waals surface area (Å²) in [6, 6.07) is 6.53. The summed E-state index contributed by atoms with van der Waals surface area (Å²) in [6.45, 7) is 7.04. The van der Waals surface area contributed by atoms with Crippen LogP contribution in [0.3, 0.4) is 0 Å². The summed E-state index contributed by atoms with van der Waals surface area (Å²) in [7, 11) is 0. The number of aryl methyl sites for hydroxylation is 3. The minimum atomic E-state index is 0.656. The van der Waals surface area contributed by atoms with E-state index >= 15 is 0 Å². The van der Waals surface area contributed by atoms with Crippen molar-refractivity contribution in [3.63, 3.8) is 0 Å². The van der Waals surface area contributed by atoms with Gasteiger partial charge in [0.1, 0.15) is 0 Å². The van der Waals surface area contributed by atoms with Gasteiger partial charge in [0.2, 0.25) is 0 Å². The lowest BCUT2D eigenvalue weighted by molar-refractivity contribution is 0.929. The Morgan fingerprint density at radius 1 is 1.06 bits per heavy atom. The zero-order valence-electron chi connectivity index (χ0n) is 10.2. The van der Waals surface area contributed by atoms with E-state index in [1.165, 1.54) is 22.1 Å². The number of pyridine rings is 1. The second-order valence-electron chi connectivity index (χ2n) is 4.45. The molecule has 2 aromatic rings. The van der Waals surface area contributed by atoms with Crippen molar-refractivity contribution < 1.29 is 0 Å². The van der Waals surface area contributed by atoms with E-state index in [1.54, 1.807) is 0 Å². The molecule has 84 valence electrons. The van der Waals surface area contributed by atoms with Crippen LogP contribution in [0, 0.1) is 20.8 Å². The molecule has 0 aliphatic rings. The van der Waals surface area contributed by atoms with Gasteiger partial charge >= 0.3 is 0 Å². The van der Waals surface area contributed by atoms with E-state index in [2.05, 4.69) is 44.0 Å². The molecule has 0 fully saturated rings. The van der Waals surface area contributed by atoms with Crippen LogP contribution in [-0.2, 0) is 6.42 Å². The van der Waals surface area contributed by atoms with Crippen LogP contribution in [0.15, 0.2) is 18.2 Å². The SMILES string of the molecule is Cc1cc(C)c2nc(CCN)cc(C)c2c1. The molecule has 0 saturated heterocycles. The summed E-state index contributed by atoms with van der Waals surface area (Å²) < 4.78 is 0. The van der Waals surface area contributed by atoms with E-state index in [0.29, 0.717) is 6.54 Å². The first-order valence-corrected chi connectivity index (χ1v) is 5.69. The maximum Gasteiger partial charge on any atom is 0.0737 e. The average Bonchev–Trinajstić information content (AvgIpc) is 2.20. The van der Waals surface area contributed by atoms with Crippen molar-refractivity contribution in [2.24, 2.45) is 5.73 Å². The fraction of sp³-hybridized carbons (Fsp3) is 0.357. The predicted octanol–water partition coefficient (Wildman–Crippen LogP) is 2.66. The van der Waals surface area contributed by atoms with Crippen molar-refractivity contribution in [1.29, 1.82) is 0 Å². The highest BCUT2D eigenvalue weighted by Crippen LogP contribution is 2.22. The third-order valence-electron chi connectivity index (χ3n) is 2.91. The van der Waals surface area contributed by atoms with Gasteiger partial charge in [-0.05, 0) is 50.6 Å². The smallest absolute Gasteiger partial charge is 0.0737 e. The molecule has 2 heteroatoms. The molecule has 1 aromatic carbocycles. The van der Waals surface area contributed by atoms with Crippen molar-refractivity contribution in [1.82, 2.24) is 4.98 Å². The van der Waals surface area contributed by atoms with Crippen molar-refractivity contribution in [3.05, 3.63) is 40.6 Å². The third-order valence-corrected chi connectivity index (χ3v) is 2.91. The minimum absolute atomic E-state index is 0.656. The van der Waals surface area contributed by atoms with Crippen molar-refractivity contribution in [2.45, 2.75) is 27.2 Å². The van der Waals surface area contributed by atoms with Crippen LogP contribution in [-0.4, -0.2) is 11.5 Å². The quantitative estimate of drug-likeness (QED) is 0.834. The molecule has 16 heavy (non-hydrogen) atoms. The third kappa shape index (κ3) is 1.93. The van der Waals surface area contributed by atoms with Crippen molar-refractivity contribution in [2.75, 3.05) is 6.54 Å². The number of hydrogen-bond acceptors (Lipinski definition) is 2. The summed E-state index contributed by atoms with van der Waals surface area (Å²) >= 11 is 0. The molecule has 1 aromatic heterocycles. The second kappa shape index (κ2) is 4.22. The molecular weight excluding hydrogens is 196 g/mol. The Morgan fingerprint density at radius 3 is 2.50 bits per heavy atom. The lowest BCUT2D eigenvalue weighted by atomic mass is 10.0. The predicted molar refractivity (Wildman–Crippen MR) is 68.7 cm³/mol. The molecule has 0 spiro atoms. The molecule has 1 heterocycles. The zero-order valence-corrected chi connectivity index (χ0v) is 10.2. The molecule has 2 N–H and O–H groups in total. The Morgan fingerprint density at radius 2 is 1.81 bits per heavy atom. The lowest BCUT2D eigenvalue weighted by Gasteiger charge is -2.09. The number of fused-ring (bicyclic) bond motifs is 1. The Hall–Kier alpha value is -1.41. The summed E-state index contributed by atoms with van der Waals surface area (Å²) in [6.07, 6.45) is 0.851. The Kier molecular flexibility index (Phi) is 2.92. The van der Waals surface area contributed by atoms with Crippen molar-refractivity contribution >= 4 is 10.9 Å². The van der Waals surface area contributed by atoms with Gasteiger partial charge in [-0.1, -0.05) is 11.6 Å². The number of hydrogen-bond donors (Lipinski definition) is 1. The van der Waals surface area contributed by atoms with Crippen LogP contribution in [0.5, 0.6) is 0 Å². The van der Waals surface area contributed by atoms with Gasteiger partial charge in [0.15, 0.2) is 0 Å². The topological polar surface area (TPSA) is 38.9 Å². The summed E-state index contributed by atoms with van der Waals surface area (Å²) in [5.74, 6) is 0. The van der Waals surface area contributed by atoms with Gasteiger partial charge in [0.05, 0.1) is 5.52 Å². The highest BCUT2D eigenvalue weighted by atomic mass is 14.7. The maximum absolute atomic E-state index is 5.58. The lowest BCUT2D eigenvalue weighted by Crippen LogP contribution is -2.05. The van der Waals surface area contributed by atoms with Crippen LogP contribution in [0.1, 0.15) is 22.4 Å². The van der Waals surface area contributed by atoms with Gasteiger partial charge in [-0.3, -0.25) is 4.98 Å². The summed E-state index contributed by atoms with van der Waals surface area (Å²) in [5, 5.41) is 1.26. The zero-order chi connectivity index (χ0) is 11.7. The van der Waals surface area contributed by atoms with Crippen LogP contribution in [0.2, 0.25) is 0 Å². The molecule has 2 nitrogen and oxygen atoms in total. The van der Waals surface area contributed by atoms with Crippen LogP contribution in [0.4, 0.5) is 0 Å². The molecular formula is C14H18N2. The minimum Gasteiger partial charge on any atom is -0.330 e. The fourth-order valence-corrected chi connectivity index (χ4v) is 2.19.